The van der Waals surface area contributed by atoms with Crippen molar-refractivity contribution >= 4 is 34.5 Å². The molecule has 1 aromatic carbocycles. The maximum absolute atomic E-state index is 6.02. The number of benzene rings is 1. The minimum atomic E-state index is 0.238. The predicted molar refractivity (Wildman–Crippen MR) is 97.3 cm³/mol. The Morgan fingerprint density at radius 3 is 2.65 bits per heavy atom. The molecule has 1 atom stereocenters. The fraction of sp³-hybridized carbons (Fsp3) is 0.222. The maximum atomic E-state index is 6.02. The molecule has 1 aliphatic rings. The first-order valence-corrected chi connectivity index (χ1v) is 8.82. The van der Waals surface area contributed by atoms with Gasteiger partial charge in [-0.15, -0.1) is 11.3 Å². The number of hydrogen-bond donors (Lipinski definition) is 0. The molecule has 0 amide bonds. The Hall–Kier alpha value is -1.91. The van der Waals surface area contributed by atoms with Crippen LogP contribution in [0.3, 0.4) is 0 Å². The van der Waals surface area contributed by atoms with Gasteiger partial charge in [0.25, 0.3) is 0 Å². The van der Waals surface area contributed by atoms with Crippen LogP contribution in [0.2, 0.25) is 5.02 Å². The Morgan fingerprint density at radius 1 is 1.17 bits per heavy atom. The fourth-order valence-electron chi connectivity index (χ4n) is 3.11. The van der Waals surface area contributed by atoms with Gasteiger partial charge in [-0.05, 0) is 43.0 Å². The summed E-state index contributed by atoms with van der Waals surface area (Å²) < 4.78 is 2.08. The number of aliphatic imine (C=N–C) groups is 1. The number of aromatic nitrogens is 2. The summed E-state index contributed by atoms with van der Waals surface area (Å²) in [6, 6.07) is 12.4. The zero-order valence-corrected chi connectivity index (χ0v) is 14.5. The third-order valence-corrected chi connectivity index (χ3v) is 5.37. The molecule has 0 unspecified atom stereocenters. The maximum Gasteiger partial charge on any atom is 0.159 e. The molecular weight excluding hydrogens is 326 g/mol. The predicted octanol–water partition coefficient (Wildman–Crippen LogP) is 5.66. The Balaban J connectivity index is 1.90. The van der Waals surface area contributed by atoms with Crippen LogP contribution in [0.4, 0.5) is 5.82 Å². The number of rotatable bonds is 2. The van der Waals surface area contributed by atoms with Crippen molar-refractivity contribution in [1.29, 1.82) is 0 Å². The molecular formula is C18H16ClN3S. The summed E-state index contributed by atoms with van der Waals surface area (Å²) in [6.07, 6.45) is 0.911. The molecule has 1 aliphatic heterocycles. The van der Waals surface area contributed by atoms with Crippen LogP contribution in [0.1, 0.15) is 30.0 Å². The van der Waals surface area contributed by atoms with Gasteiger partial charge in [-0.3, -0.25) is 0 Å². The van der Waals surface area contributed by atoms with Crippen LogP contribution in [-0.2, 0) is 0 Å². The van der Waals surface area contributed by atoms with Crippen molar-refractivity contribution in [2.75, 3.05) is 0 Å². The standard InChI is InChI=1S/C18H16ClN3S/c1-11-10-15(16-4-3-9-23-16)22-18(20-11)17(12(2)21-22)13-5-7-14(19)8-6-13/h3-9,15H,10H2,1-2H3/t15-/m0/s1. The lowest BCUT2D eigenvalue weighted by atomic mass is 10.0. The van der Waals surface area contributed by atoms with Crippen molar-refractivity contribution in [2.24, 2.45) is 4.99 Å². The first-order chi connectivity index (χ1) is 11.1. The van der Waals surface area contributed by atoms with Crippen LogP contribution in [0.5, 0.6) is 0 Å². The van der Waals surface area contributed by atoms with E-state index in [1.54, 1.807) is 11.3 Å². The van der Waals surface area contributed by atoms with E-state index in [4.69, 9.17) is 21.7 Å². The first-order valence-electron chi connectivity index (χ1n) is 7.56. The van der Waals surface area contributed by atoms with Gasteiger partial charge in [0, 0.05) is 27.6 Å². The molecule has 0 saturated carbocycles. The summed E-state index contributed by atoms with van der Waals surface area (Å²) in [5, 5.41) is 7.66. The Morgan fingerprint density at radius 2 is 1.96 bits per heavy atom. The van der Waals surface area contributed by atoms with Crippen molar-refractivity contribution < 1.29 is 0 Å². The van der Waals surface area contributed by atoms with Crippen molar-refractivity contribution in [3.05, 3.63) is 57.4 Å². The van der Waals surface area contributed by atoms with Crippen molar-refractivity contribution in [1.82, 2.24) is 9.78 Å². The molecule has 116 valence electrons. The van der Waals surface area contributed by atoms with E-state index in [0.29, 0.717) is 0 Å². The summed E-state index contributed by atoms with van der Waals surface area (Å²) in [7, 11) is 0. The molecule has 2 aromatic heterocycles. The lowest BCUT2D eigenvalue weighted by Gasteiger charge is -2.22. The van der Waals surface area contributed by atoms with E-state index in [2.05, 4.69) is 29.1 Å². The smallest absolute Gasteiger partial charge is 0.159 e. The van der Waals surface area contributed by atoms with E-state index in [1.165, 1.54) is 4.88 Å². The molecule has 3 aromatic rings. The van der Waals surface area contributed by atoms with Crippen LogP contribution in [0, 0.1) is 6.92 Å². The highest BCUT2D eigenvalue weighted by Gasteiger charge is 2.28. The Bertz CT molecular complexity index is 876. The monoisotopic (exact) mass is 341 g/mol. The zero-order chi connectivity index (χ0) is 16.0. The summed E-state index contributed by atoms with van der Waals surface area (Å²) in [6.45, 7) is 4.14. The van der Waals surface area contributed by atoms with Gasteiger partial charge in [0.2, 0.25) is 0 Å². The number of nitrogens with zero attached hydrogens (tertiary/aromatic N) is 3. The van der Waals surface area contributed by atoms with Gasteiger partial charge in [-0.1, -0.05) is 29.8 Å². The number of aryl methyl sites for hydroxylation is 1. The minimum absolute atomic E-state index is 0.238. The normalized spacial score (nSPS) is 17.0. The van der Waals surface area contributed by atoms with Crippen LogP contribution in [0.15, 0.2) is 46.8 Å². The van der Waals surface area contributed by atoms with Crippen LogP contribution in [-0.4, -0.2) is 15.5 Å². The summed E-state index contributed by atoms with van der Waals surface area (Å²) in [5.74, 6) is 0.951. The van der Waals surface area contributed by atoms with Gasteiger partial charge in [0.1, 0.15) is 0 Å². The molecule has 0 N–H and O–H groups in total. The third-order valence-electron chi connectivity index (χ3n) is 4.15. The van der Waals surface area contributed by atoms with Gasteiger partial charge in [0.15, 0.2) is 5.82 Å². The van der Waals surface area contributed by atoms with E-state index < -0.39 is 0 Å². The van der Waals surface area contributed by atoms with Crippen molar-refractivity contribution in [2.45, 2.75) is 26.3 Å². The topological polar surface area (TPSA) is 30.2 Å². The summed E-state index contributed by atoms with van der Waals surface area (Å²) in [5.41, 5.74) is 4.35. The van der Waals surface area contributed by atoms with Crippen LogP contribution >= 0.6 is 22.9 Å². The largest absolute Gasteiger partial charge is 0.238 e. The molecule has 0 saturated heterocycles. The lowest BCUT2D eigenvalue weighted by molar-refractivity contribution is 0.536. The molecule has 0 aliphatic carbocycles. The second-order valence-electron chi connectivity index (χ2n) is 5.82. The number of fused-ring (bicyclic) bond motifs is 1. The molecule has 3 nitrogen and oxygen atoms in total. The molecule has 0 radical (unpaired) electrons. The molecule has 0 bridgehead atoms. The van der Waals surface area contributed by atoms with Gasteiger partial charge in [-0.25, -0.2) is 9.67 Å². The third kappa shape index (κ3) is 2.52. The van der Waals surface area contributed by atoms with Crippen LogP contribution < -0.4 is 0 Å². The highest BCUT2D eigenvalue weighted by molar-refractivity contribution is 7.10. The zero-order valence-electron chi connectivity index (χ0n) is 13.0. The average Bonchev–Trinajstić information content (AvgIpc) is 3.15. The molecule has 4 rings (SSSR count). The van der Waals surface area contributed by atoms with Gasteiger partial charge in [0.05, 0.1) is 11.7 Å². The van der Waals surface area contributed by atoms with E-state index in [-0.39, 0.29) is 6.04 Å². The van der Waals surface area contributed by atoms with Gasteiger partial charge in [-0.2, -0.15) is 5.10 Å². The first kappa shape index (κ1) is 14.7. The van der Waals surface area contributed by atoms with E-state index >= 15 is 0 Å². The molecule has 0 spiro atoms. The quantitative estimate of drug-likeness (QED) is 0.591. The number of thiophene rings is 1. The highest BCUT2D eigenvalue weighted by Crippen LogP contribution is 2.41. The molecule has 5 heteroatoms. The van der Waals surface area contributed by atoms with Crippen molar-refractivity contribution in [3.63, 3.8) is 0 Å². The van der Waals surface area contributed by atoms with E-state index in [9.17, 15) is 0 Å². The van der Waals surface area contributed by atoms with E-state index in [1.807, 2.05) is 31.2 Å². The second-order valence-corrected chi connectivity index (χ2v) is 7.23. The van der Waals surface area contributed by atoms with Crippen molar-refractivity contribution in [3.8, 4) is 11.1 Å². The fourth-order valence-corrected chi connectivity index (χ4v) is 4.05. The minimum Gasteiger partial charge on any atom is -0.238 e. The van der Waals surface area contributed by atoms with E-state index in [0.717, 1.165) is 39.8 Å². The Labute approximate surface area is 144 Å². The van der Waals surface area contributed by atoms with Gasteiger partial charge < -0.3 is 0 Å². The summed E-state index contributed by atoms with van der Waals surface area (Å²) in [4.78, 5) is 6.14. The number of halogens is 1. The number of hydrogen-bond acceptors (Lipinski definition) is 3. The summed E-state index contributed by atoms with van der Waals surface area (Å²) >= 11 is 7.80. The average molecular weight is 342 g/mol. The van der Waals surface area contributed by atoms with Crippen LogP contribution in [0.25, 0.3) is 11.1 Å². The molecule has 3 heterocycles. The highest BCUT2D eigenvalue weighted by atomic mass is 35.5. The molecule has 0 fully saturated rings. The van der Waals surface area contributed by atoms with Gasteiger partial charge >= 0.3 is 0 Å². The SMILES string of the molecule is CC1=Nc2c(-c3ccc(Cl)cc3)c(C)nn2[C@H](c2cccs2)C1. The Kier molecular flexibility index (Phi) is 3.58. The molecule has 23 heavy (non-hydrogen) atoms. The lowest BCUT2D eigenvalue weighted by Crippen LogP contribution is -2.18. The second kappa shape index (κ2) is 5.62.